The Balaban J connectivity index is 1.64. The third-order valence-corrected chi connectivity index (χ3v) is 6.94. The van der Waals surface area contributed by atoms with Gasteiger partial charge in [0.15, 0.2) is 11.5 Å². The van der Waals surface area contributed by atoms with E-state index in [0.29, 0.717) is 12.0 Å². The minimum absolute atomic E-state index is 0.00143. The molecule has 2 aliphatic rings. The lowest BCUT2D eigenvalue weighted by Crippen LogP contribution is -2.41. The molecule has 0 saturated heterocycles. The summed E-state index contributed by atoms with van der Waals surface area (Å²) in [6, 6.07) is 6.40. The summed E-state index contributed by atoms with van der Waals surface area (Å²) in [5.74, 6) is 0.310. The number of aromatic hydroxyl groups is 2. The number of hydrogen-bond donors (Lipinski definition) is 3. The lowest BCUT2D eigenvalue weighted by atomic mass is 9.74. The third kappa shape index (κ3) is 3.18. The molecule has 0 bridgehead atoms. The van der Waals surface area contributed by atoms with Gasteiger partial charge in [-0.05, 0) is 60.6 Å². The number of fused-ring (bicyclic) bond motifs is 5. The maximum Gasteiger partial charge on any atom is 0.157 e. The molecule has 3 N–H and O–H groups in total. The highest BCUT2D eigenvalue weighted by Crippen LogP contribution is 2.46. The Hall–Kier alpha value is -1.52. The molecule has 0 spiro atoms. The van der Waals surface area contributed by atoms with Crippen LogP contribution in [0, 0.1) is 0 Å². The molecule has 0 unspecified atom stereocenters. The number of thiophene rings is 1. The molecule has 1 aromatic carbocycles. The molecular weight excluding hydrogens is 330 g/mol. The summed E-state index contributed by atoms with van der Waals surface area (Å²) in [5, 5.41) is 23.6. The van der Waals surface area contributed by atoms with Crippen molar-refractivity contribution in [1.29, 1.82) is 0 Å². The molecule has 1 aromatic heterocycles. The zero-order chi connectivity index (χ0) is 17.4. The lowest BCUT2D eigenvalue weighted by molar-refractivity contribution is 0.382. The van der Waals surface area contributed by atoms with E-state index in [0.717, 1.165) is 19.4 Å². The summed E-state index contributed by atoms with van der Waals surface area (Å²) in [6.45, 7) is 3.22. The van der Waals surface area contributed by atoms with Crippen LogP contribution in [0.3, 0.4) is 0 Å². The molecular formula is C21H27NO2S. The number of unbranched alkanes of at least 4 members (excludes halogenated alkanes) is 3. The summed E-state index contributed by atoms with van der Waals surface area (Å²) >= 11 is 1.96. The molecule has 134 valence electrons. The minimum atomic E-state index is 0.00143. The Morgan fingerprint density at radius 1 is 1.08 bits per heavy atom. The molecule has 2 atom stereocenters. The van der Waals surface area contributed by atoms with Crippen molar-refractivity contribution in [3.05, 3.63) is 44.6 Å². The van der Waals surface area contributed by atoms with Gasteiger partial charge in [0.2, 0.25) is 0 Å². The van der Waals surface area contributed by atoms with E-state index in [9.17, 15) is 10.2 Å². The molecule has 4 heteroatoms. The van der Waals surface area contributed by atoms with Crippen molar-refractivity contribution < 1.29 is 10.2 Å². The minimum Gasteiger partial charge on any atom is -0.504 e. The number of phenols is 2. The van der Waals surface area contributed by atoms with Gasteiger partial charge in [0.25, 0.3) is 0 Å². The number of nitrogens with one attached hydrogen (secondary N) is 1. The second kappa shape index (κ2) is 7.00. The first kappa shape index (κ1) is 16.9. The van der Waals surface area contributed by atoms with Crippen LogP contribution in [0.1, 0.15) is 71.4 Å². The van der Waals surface area contributed by atoms with Crippen molar-refractivity contribution in [2.75, 3.05) is 0 Å². The molecule has 0 amide bonds. The first-order valence-electron chi connectivity index (χ1n) is 9.57. The summed E-state index contributed by atoms with van der Waals surface area (Å²) in [5.41, 5.74) is 3.82. The van der Waals surface area contributed by atoms with Gasteiger partial charge in [-0.25, -0.2) is 0 Å². The predicted octanol–water partition coefficient (Wildman–Crippen LogP) is 4.83. The molecule has 1 aliphatic heterocycles. The van der Waals surface area contributed by atoms with Crippen molar-refractivity contribution in [1.82, 2.24) is 5.32 Å². The first-order valence-corrected chi connectivity index (χ1v) is 10.4. The van der Waals surface area contributed by atoms with Crippen molar-refractivity contribution in [3.63, 3.8) is 0 Å². The molecule has 2 heterocycles. The molecule has 4 rings (SSSR count). The number of rotatable bonds is 5. The summed E-state index contributed by atoms with van der Waals surface area (Å²) in [6.07, 6.45) is 8.43. The number of hydrogen-bond acceptors (Lipinski definition) is 4. The average molecular weight is 358 g/mol. The van der Waals surface area contributed by atoms with Gasteiger partial charge in [0.1, 0.15) is 0 Å². The largest absolute Gasteiger partial charge is 0.504 e. The Labute approximate surface area is 153 Å². The SMILES string of the molecule is CCCCCCc1cc2c(s1)CN[C@@H]1CCc3cc(O)c(O)cc3[C@@H]21. The van der Waals surface area contributed by atoms with Gasteiger partial charge in [-0.15, -0.1) is 11.3 Å². The van der Waals surface area contributed by atoms with Crippen LogP contribution < -0.4 is 5.32 Å². The van der Waals surface area contributed by atoms with Crippen LogP contribution in [0.2, 0.25) is 0 Å². The fourth-order valence-electron chi connectivity index (χ4n) is 4.42. The molecule has 1 aliphatic carbocycles. The Kier molecular flexibility index (Phi) is 4.74. The quantitative estimate of drug-likeness (QED) is 0.530. The highest BCUT2D eigenvalue weighted by atomic mass is 32.1. The van der Waals surface area contributed by atoms with E-state index in [-0.39, 0.29) is 11.5 Å². The topological polar surface area (TPSA) is 52.5 Å². The molecule has 25 heavy (non-hydrogen) atoms. The molecule has 0 radical (unpaired) electrons. The smallest absolute Gasteiger partial charge is 0.157 e. The summed E-state index contributed by atoms with van der Waals surface area (Å²) in [7, 11) is 0. The van der Waals surface area contributed by atoms with Gasteiger partial charge in [0, 0.05) is 28.3 Å². The molecule has 0 fully saturated rings. The van der Waals surface area contributed by atoms with Crippen molar-refractivity contribution >= 4 is 11.3 Å². The van der Waals surface area contributed by atoms with E-state index < -0.39 is 0 Å². The number of benzene rings is 1. The van der Waals surface area contributed by atoms with E-state index >= 15 is 0 Å². The van der Waals surface area contributed by atoms with E-state index in [1.807, 2.05) is 11.3 Å². The second-order valence-corrected chi connectivity index (χ2v) is 8.67. The van der Waals surface area contributed by atoms with Crippen LogP contribution in [0.4, 0.5) is 0 Å². The molecule has 0 saturated carbocycles. The fraction of sp³-hybridized carbons (Fsp3) is 0.524. The van der Waals surface area contributed by atoms with Crippen LogP contribution in [0.15, 0.2) is 18.2 Å². The van der Waals surface area contributed by atoms with Gasteiger partial charge >= 0.3 is 0 Å². The zero-order valence-electron chi connectivity index (χ0n) is 14.8. The summed E-state index contributed by atoms with van der Waals surface area (Å²) in [4.78, 5) is 2.95. The van der Waals surface area contributed by atoms with E-state index in [1.54, 1.807) is 12.1 Å². The molecule has 3 nitrogen and oxygen atoms in total. The lowest BCUT2D eigenvalue weighted by Gasteiger charge is -2.38. The second-order valence-electron chi connectivity index (χ2n) is 7.45. The number of phenolic OH excluding ortho intramolecular Hbond substituents is 2. The Morgan fingerprint density at radius 3 is 2.76 bits per heavy atom. The van der Waals surface area contributed by atoms with Crippen LogP contribution >= 0.6 is 11.3 Å². The maximum absolute atomic E-state index is 10.0. The van der Waals surface area contributed by atoms with E-state index in [2.05, 4.69) is 18.3 Å². The first-order chi connectivity index (χ1) is 12.2. The highest BCUT2D eigenvalue weighted by Gasteiger charge is 2.36. The fourth-order valence-corrected chi connectivity index (χ4v) is 5.62. The van der Waals surface area contributed by atoms with Crippen molar-refractivity contribution in [2.24, 2.45) is 0 Å². The van der Waals surface area contributed by atoms with Gasteiger partial charge in [-0.3, -0.25) is 0 Å². The number of aryl methyl sites for hydroxylation is 2. The highest BCUT2D eigenvalue weighted by molar-refractivity contribution is 7.12. The van der Waals surface area contributed by atoms with E-state index in [1.165, 1.54) is 58.5 Å². The Bertz CT molecular complexity index is 767. The van der Waals surface area contributed by atoms with Gasteiger partial charge in [-0.1, -0.05) is 26.2 Å². The van der Waals surface area contributed by atoms with Crippen molar-refractivity contribution in [2.45, 2.75) is 70.4 Å². The third-order valence-electron chi connectivity index (χ3n) is 5.73. The van der Waals surface area contributed by atoms with Crippen LogP contribution in [-0.2, 0) is 19.4 Å². The van der Waals surface area contributed by atoms with Gasteiger partial charge in [0.05, 0.1) is 0 Å². The summed E-state index contributed by atoms with van der Waals surface area (Å²) < 4.78 is 0. The average Bonchev–Trinajstić information content (AvgIpc) is 3.02. The van der Waals surface area contributed by atoms with Crippen LogP contribution in [0.25, 0.3) is 0 Å². The van der Waals surface area contributed by atoms with Crippen LogP contribution in [-0.4, -0.2) is 16.3 Å². The monoisotopic (exact) mass is 357 g/mol. The zero-order valence-corrected chi connectivity index (χ0v) is 15.7. The molecule has 2 aromatic rings. The maximum atomic E-state index is 10.0. The van der Waals surface area contributed by atoms with Crippen LogP contribution in [0.5, 0.6) is 11.5 Å². The van der Waals surface area contributed by atoms with Gasteiger partial charge in [-0.2, -0.15) is 0 Å². The predicted molar refractivity (Wildman–Crippen MR) is 103 cm³/mol. The normalized spacial score (nSPS) is 21.5. The Morgan fingerprint density at radius 2 is 1.92 bits per heavy atom. The van der Waals surface area contributed by atoms with Gasteiger partial charge < -0.3 is 15.5 Å². The standard InChI is InChI=1S/C21H27NO2S/c1-2-3-4-5-6-14-10-16-20(25-14)12-22-17-8-7-13-9-18(23)19(24)11-15(13)21(16)17/h9-11,17,21-24H,2-8,12H2,1H3/t17-,21+/m1/s1. The van der Waals surface area contributed by atoms with Crippen molar-refractivity contribution in [3.8, 4) is 11.5 Å². The van der Waals surface area contributed by atoms with E-state index in [4.69, 9.17) is 0 Å².